The molecular weight excluding hydrogens is 244 g/mol. The summed E-state index contributed by atoms with van der Waals surface area (Å²) in [7, 11) is 1.94. The second-order valence-corrected chi connectivity index (χ2v) is 5.50. The number of benzene rings is 1. The monoisotopic (exact) mass is 262 g/mol. The molecule has 3 nitrogen and oxygen atoms in total. The Morgan fingerprint density at radius 2 is 1.94 bits per heavy atom. The smallest absolute Gasteiger partial charge is 0.140 e. The molecule has 0 aliphatic heterocycles. The Labute approximate surface area is 112 Å². The summed E-state index contributed by atoms with van der Waals surface area (Å²) < 4.78 is 5.72. The van der Waals surface area contributed by atoms with Crippen molar-refractivity contribution in [3.63, 3.8) is 0 Å². The summed E-state index contributed by atoms with van der Waals surface area (Å²) in [6, 6.07) is 8.15. The van der Waals surface area contributed by atoms with Crippen LogP contribution in [0, 0.1) is 13.8 Å². The van der Waals surface area contributed by atoms with Gasteiger partial charge in [-0.3, -0.25) is 0 Å². The molecule has 0 saturated carbocycles. The van der Waals surface area contributed by atoms with Gasteiger partial charge in [-0.15, -0.1) is 11.3 Å². The number of nitrogens with zero attached hydrogens (tertiary/aromatic N) is 1. The van der Waals surface area contributed by atoms with E-state index in [-0.39, 0.29) is 0 Å². The number of hydrogen-bond acceptors (Lipinski definition) is 4. The van der Waals surface area contributed by atoms with Gasteiger partial charge in [0, 0.05) is 11.4 Å². The van der Waals surface area contributed by atoms with Crippen molar-refractivity contribution in [2.24, 2.45) is 0 Å². The van der Waals surface area contributed by atoms with Crippen molar-refractivity contribution in [2.75, 3.05) is 7.05 Å². The van der Waals surface area contributed by atoms with Crippen LogP contribution in [0.5, 0.6) is 5.75 Å². The first-order chi connectivity index (χ1) is 8.69. The van der Waals surface area contributed by atoms with Gasteiger partial charge in [0.2, 0.25) is 0 Å². The zero-order valence-corrected chi connectivity index (χ0v) is 11.8. The number of thiazole rings is 1. The van der Waals surface area contributed by atoms with Gasteiger partial charge in [0.1, 0.15) is 17.4 Å². The van der Waals surface area contributed by atoms with Crippen LogP contribution in [0.2, 0.25) is 0 Å². The van der Waals surface area contributed by atoms with Gasteiger partial charge in [0.25, 0.3) is 0 Å². The average molecular weight is 262 g/mol. The summed E-state index contributed by atoms with van der Waals surface area (Å²) in [5.74, 6) is 0.889. The first kappa shape index (κ1) is 13.1. The van der Waals surface area contributed by atoms with Crippen molar-refractivity contribution in [1.82, 2.24) is 10.3 Å². The SMILES string of the molecule is CNCc1ccc(OCc2nc(C)c(C)s2)cc1. The molecular formula is C14H18N2OS. The summed E-state index contributed by atoms with van der Waals surface area (Å²) in [6.45, 7) is 5.54. The van der Waals surface area contributed by atoms with Crippen LogP contribution in [0.25, 0.3) is 0 Å². The molecule has 96 valence electrons. The van der Waals surface area contributed by atoms with Crippen molar-refractivity contribution in [3.05, 3.63) is 45.4 Å². The third kappa shape index (κ3) is 3.31. The molecule has 1 aromatic heterocycles. The van der Waals surface area contributed by atoms with E-state index in [1.54, 1.807) is 11.3 Å². The second-order valence-electron chi connectivity index (χ2n) is 4.21. The van der Waals surface area contributed by atoms with E-state index in [2.05, 4.69) is 29.4 Å². The zero-order chi connectivity index (χ0) is 13.0. The van der Waals surface area contributed by atoms with E-state index in [0.717, 1.165) is 23.0 Å². The van der Waals surface area contributed by atoms with Crippen LogP contribution in [0.4, 0.5) is 0 Å². The highest BCUT2D eigenvalue weighted by Gasteiger charge is 2.04. The van der Waals surface area contributed by atoms with Crippen LogP contribution in [0.3, 0.4) is 0 Å². The van der Waals surface area contributed by atoms with E-state index in [9.17, 15) is 0 Å². The standard InChI is InChI=1S/C14H18N2OS/c1-10-11(2)18-14(16-10)9-17-13-6-4-12(5-7-13)8-15-3/h4-7,15H,8-9H2,1-3H3. The van der Waals surface area contributed by atoms with Gasteiger partial charge in [-0.2, -0.15) is 0 Å². The third-order valence-electron chi connectivity index (χ3n) is 2.74. The quantitative estimate of drug-likeness (QED) is 0.899. The topological polar surface area (TPSA) is 34.1 Å². The molecule has 0 atom stereocenters. The third-order valence-corrected chi connectivity index (χ3v) is 3.79. The van der Waals surface area contributed by atoms with Gasteiger partial charge in [-0.25, -0.2) is 4.98 Å². The lowest BCUT2D eigenvalue weighted by molar-refractivity contribution is 0.305. The molecule has 4 heteroatoms. The zero-order valence-electron chi connectivity index (χ0n) is 11.0. The van der Waals surface area contributed by atoms with Gasteiger partial charge < -0.3 is 10.1 Å². The Morgan fingerprint density at radius 1 is 1.22 bits per heavy atom. The molecule has 0 fully saturated rings. The van der Waals surface area contributed by atoms with Crippen LogP contribution in [0.15, 0.2) is 24.3 Å². The number of hydrogen-bond donors (Lipinski definition) is 1. The van der Waals surface area contributed by atoms with Crippen LogP contribution < -0.4 is 10.1 Å². The molecule has 0 bridgehead atoms. The lowest BCUT2D eigenvalue weighted by atomic mass is 10.2. The molecule has 1 N–H and O–H groups in total. The molecule has 2 aromatic rings. The molecule has 2 rings (SSSR count). The Hall–Kier alpha value is -1.39. The molecule has 0 saturated heterocycles. The molecule has 0 aliphatic rings. The van der Waals surface area contributed by atoms with E-state index in [4.69, 9.17) is 4.74 Å². The Bertz CT molecular complexity index is 486. The number of rotatable bonds is 5. The van der Waals surface area contributed by atoms with E-state index >= 15 is 0 Å². The molecule has 0 unspecified atom stereocenters. The maximum atomic E-state index is 5.72. The lowest BCUT2D eigenvalue weighted by Gasteiger charge is -2.05. The maximum Gasteiger partial charge on any atom is 0.140 e. The highest BCUT2D eigenvalue weighted by atomic mass is 32.1. The molecule has 0 aliphatic carbocycles. The molecule has 18 heavy (non-hydrogen) atoms. The Balaban J connectivity index is 1.93. The summed E-state index contributed by atoms with van der Waals surface area (Å²) >= 11 is 1.70. The predicted octanol–water partition coefficient (Wildman–Crippen LogP) is 3.06. The predicted molar refractivity (Wildman–Crippen MR) is 75.1 cm³/mol. The molecule has 0 radical (unpaired) electrons. The van der Waals surface area contributed by atoms with E-state index in [1.165, 1.54) is 10.4 Å². The highest BCUT2D eigenvalue weighted by molar-refractivity contribution is 7.11. The van der Waals surface area contributed by atoms with Crippen molar-refractivity contribution >= 4 is 11.3 Å². The van der Waals surface area contributed by atoms with Crippen LogP contribution in [-0.2, 0) is 13.2 Å². The van der Waals surface area contributed by atoms with Gasteiger partial charge in [-0.1, -0.05) is 12.1 Å². The molecule has 0 amide bonds. The van der Waals surface area contributed by atoms with Crippen LogP contribution >= 0.6 is 11.3 Å². The van der Waals surface area contributed by atoms with Crippen LogP contribution in [0.1, 0.15) is 21.1 Å². The van der Waals surface area contributed by atoms with Crippen molar-refractivity contribution < 1.29 is 4.74 Å². The maximum absolute atomic E-state index is 5.72. The van der Waals surface area contributed by atoms with Crippen molar-refractivity contribution in [1.29, 1.82) is 0 Å². The Kier molecular flexibility index (Phi) is 4.33. The molecule has 0 spiro atoms. The minimum absolute atomic E-state index is 0.546. The summed E-state index contributed by atoms with van der Waals surface area (Å²) in [6.07, 6.45) is 0. The lowest BCUT2D eigenvalue weighted by Crippen LogP contribution is -2.04. The van der Waals surface area contributed by atoms with E-state index < -0.39 is 0 Å². The van der Waals surface area contributed by atoms with Crippen LogP contribution in [-0.4, -0.2) is 12.0 Å². The molecule has 1 heterocycles. The number of ether oxygens (including phenoxy) is 1. The fourth-order valence-electron chi connectivity index (χ4n) is 1.65. The van der Waals surface area contributed by atoms with E-state index in [0.29, 0.717) is 6.61 Å². The van der Waals surface area contributed by atoms with Gasteiger partial charge in [0.15, 0.2) is 0 Å². The minimum Gasteiger partial charge on any atom is -0.486 e. The number of nitrogens with one attached hydrogen (secondary N) is 1. The fraction of sp³-hybridized carbons (Fsp3) is 0.357. The fourth-order valence-corrected chi connectivity index (χ4v) is 2.50. The summed E-state index contributed by atoms with van der Waals surface area (Å²) in [5.41, 5.74) is 2.36. The molecule has 1 aromatic carbocycles. The Morgan fingerprint density at radius 3 is 2.50 bits per heavy atom. The number of aromatic nitrogens is 1. The highest BCUT2D eigenvalue weighted by Crippen LogP contribution is 2.19. The largest absolute Gasteiger partial charge is 0.486 e. The van der Waals surface area contributed by atoms with E-state index in [1.807, 2.05) is 26.1 Å². The first-order valence-corrected chi connectivity index (χ1v) is 6.80. The number of aryl methyl sites for hydroxylation is 2. The normalized spacial score (nSPS) is 10.6. The van der Waals surface area contributed by atoms with Crippen molar-refractivity contribution in [3.8, 4) is 5.75 Å². The summed E-state index contributed by atoms with van der Waals surface area (Å²) in [5, 5.41) is 4.15. The average Bonchev–Trinajstić information content (AvgIpc) is 2.68. The van der Waals surface area contributed by atoms with Crippen molar-refractivity contribution in [2.45, 2.75) is 27.0 Å². The van der Waals surface area contributed by atoms with Gasteiger partial charge in [0.05, 0.1) is 5.69 Å². The van der Waals surface area contributed by atoms with Gasteiger partial charge in [-0.05, 0) is 38.6 Å². The first-order valence-electron chi connectivity index (χ1n) is 5.98. The minimum atomic E-state index is 0.546. The van der Waals surface area contributed by atoms with Gasteiger partial charge >= 0.3 is 0 Å². The summed E-state index contributed by atoms with van der Waals surface area (Å²) in [4.78, 5) is 5.72. The second kappa shape index (κ2) is 5.98.